The summed E-state index contributed by atoms with van der Waals surface area (Å²) in [5.74, 6) is 1.50. The zero-order valence-electron chi connectivity index (χ0n) is 13.8. The average molecular weight is 347 g/mol. The largest absolute Gasteiger partial charge is 0.366 e. The Labute approximate surface area is 150 Å². The second-order valence-corrected chi connectivity index (χ2v) is 6.81. The van der Waals surface area contributed by atoms with Crippen LogP contribution in [0, 0.1) is 6.92 Å². The second-order valence-electron chi connectivity index (χ2n) is 5.67. The van der Waals surface area contributed by atoms with Crippen LogP contribution in [0.15, 0.2) is 76.8 Å². The van der Waals surface area contributed by atoms with Gasteiger partial charge in [-0.25, -0.2) is 4.98 Å². The van der Waals surface area contributed by atoms with Crippen LogP contribution in [0.4, 0.5) is 5.82 Å². The highest BCUT2D eigenvalue weighted by atomic mass is 32.2. The zero-order valence-corrected chi connectivity index (χ0v) is 14.6. The van der Waals surface area contributed by atoms with Crippen molar-refractivity contribution in [2.75, 3.05) is 5.32 Å². The van der Waals surface area contributed by atoms with Crippen molar-refractivity contribution in [3.8, 4) is 0 Å². The van der Waals surface area contributed by atoms with Crippen molar-refractivity contribution in [2.45, 2.75) is 23.3 Å². The molecule has 4 rings (SSSR count). The summed E-state index contributed by atoms with van der Waals surface area (Å²) < 4.78 is 1.71. The minimum Gasteiger partial charge on any atom is -0.366 e. The lowest BCUT2D eigenvalue weighted by Gasteiger charge is -2.09. The van der Waals surface area contributed by atoms with E-state index in [9.17, 15) is 0 Å². The first-order valence-corrected chi connectivity index (χ1v) is 8.83. The van der Waals surface area contributed by atoms with E-state index in [0.717, 1.165) is 11.5 Å². The molecule has 1 N–H and O–H groups in total. The summed E-state index contributed by atoms with van der Waals surface area (Å²) in [5, 5.41) is 7.62. The predicted octanol–water partition coefficient (Wildman–Crippen LogP) is 4.20. The van der Waals surface area contributed by atoms with E-state index in [1.807, 2.05) is 19.1 Å². The summed E-state index contributed by atoms with van der Waals surface area (Å²) in [4.78, 5) is 11.0. The van der Waals surface area contributed by atoms with Crippen LogP contribution >= 0.6 is 11.8 Å². The fourth-order valence-electron chi connectivity index (χ4n) is 2.55. The molecular weight excluding hydrogens is 330 g/mol. The first kappa shape index (κ1) is 15.7. The van der Waals surface area contributed by atoms with Gasteiger partial charge in [0.15, 0.2) is 0 Å². The van der Waals surface area contributed by atoms with Crippen LogP contribution in [0.5, 0.6) is 0 Å². The molecule has 0 aliphatic carbocycles. The van der Waals surface area contributed by atoms with Gasteiger partial charge in [-0.15, -0.1) is 0 Å². The van der Waals surface area contributed by atoms with Crippen molar-refractivity contribution in [2.24, 2.45) is 0 Å². The van der Waals surface area contributed by atoms with Crippen LogP contribution in [0.25, 0.3) is 5.78 Å². The van der Waals surface area contributed by atoms with Crippen molar-refractivity contribution in [3.05, 3.63) is 78.2 Å². The molecule has 2 aromatic carbocycles. The molecule has 0 atom stereocenters. The predicted molar refractivity (Wildman–Crippen MR) is 99.9 cm³/mol. The molecule has 0 spiro atoms. The summed E-state index contributed by atoms with van der Waals surface area (Å²) in [6.45, 7) is 2.67. The number of nitrogens with zero attached hydrogens (tertiary/aromatic N) is 4. The van der Waals surface area contributed by atoms with Gasteiger partial charge in [-0.3, -0.25) is 0 Å². The van der Waals surface area contributed by atoms with E-state index in [2.05, 4.69) is 68.9 Å². The number of aryl methyl sites for hydroxylation is 1. The number of rotatable bonds is 5. The maximum absolute atomic E-state index is 4.35. The third kappa shape index (κ3) is 3.64. The highest BCUT2D eigenvalue weighted by molar-refractivity contribution is 7.99. The molecule has 0 saturated carbocycles. The SMILES string of the molecule is Cc1cc(NCc2ccc(Sc3ccccc3)cc2)n2ncnc2n1. The van der Waals surface area contributed by atoms with E-state index >= 15 is 0 Å². The van der Waals surface area contributed by atoms with Crippen molar-refractivity contribution >= 4 is 23.4 Å². The second kappa shape index (κ2) is 6.94. The van der Waals surface area contributed by atoms with Crippen LogP contribution < -0.4 is 5.32 Å². The Hall–Kier alpha value is -2.86. The number of hydrogen-bond donors (Lipinski definition) is 1. The number of anilines is 1. The molecule has 25 heavy (non-hydrogen) atoms. The lowest BCUT2D eigenvalue weighted by atomic mass is 10.2. The van der Waals surface area contributed by atoms with Crippen LogP contribution in [0.3, 0.4) is 0 Å². The average Bonchev–Trinajstić information content (AvgIpc) is 3.10. The molecule has 2 heterocycles. The molecule has 2 aromatic heterocycles. The van der Waals surface area contributed by atoms with Crippen LogP contribution in [0.2, 0.25) is 0 Å². The van der Waals surface area contributed by atoms with Gasteiger partial charge in [0, 0.05) is 28.1 Å². The maximum atomic E-state index is 4.35. The van der Waals surface area contributed by atoms with Crippen molar-refractivity contribution in [1.29, 1.82) is 0 Å². The Morgan fingerprint density at radius 1 is 1.00 bits per heavy atom. The van der Waals surface area contributed by atoms with Crippen molar-refractivity contribution in [3.63, 3.8) is 0 Å². The Kier molecular flexibility index (Phi) is 4.35. The number of nitrogens with one attached hydrogen (secondary N) is 1. The zero-order chi connectivity index (χ0) is 17.1. The molecule has 6 heteroatoms. The minimum atomic E-state index is 0.608. The first-order valence-electron chi connectivity index (χ1n) is 8.01. The molecular formula is C19H17N5S. The highest BCUT2D eigenvalue weighted by Gasteiger charge is 2.05. The van der Waals surface area contributed by atoms with Gasteiger partial charge in [0.05, 0.1) is 0 Å². The van der Waals surface area contributed by atoms with Gasteiger partial charge >= 0.3 is 0 Å². The van der Waals surface area contributed by atoms with Crippen molar-refractivity contribution < 1.29 is 0 Å². The minimum absolute atomic E-state index is 0.608. The standard InChI is InChI=1S/C19H17N5S/c1-14-11-18(24-19(23-14)21-13-22-24)20-12-15-7-9-17(10-8-15)25-16-5-3-2-4-6-16/h2-11,13,20H,12H2,1H3. The fraction of sp³-hybridized carbons (Fsp3) is 0.105. The molecule has 0 amide bonds. The smallest absolute Gasteiger partial charge is 0.254 e. The molecule has 0 bridgehead atoms. The fourth-order valence-corrected chi connectivity index (χ4v) is 3.39. The lowest BCUT2D eigenvalue weighted by Crippen LogP contribution is -2.06. The van der Waals surface area contributed by atoms with Gasteiger partial charge in [0.25, 0.3) is 5.78 Å². The molecule has 0 saturated heterocycles. The third-order valence-corrected chi connectivity index (χ3v) is 4.77. The summed E-state index contributed by atoms with van der Waals surface area (Å²) >= 11 is 1.76. The van der Waals surface area contributed by atoms with Crippen LogP contribution in [0.1, 0.15) is 11.3 Å². The van der Waals surface area contributed by atoms with E-state index in [0.29, 0.717) is 12.3 Å². The molecule has 4 aromatic rings. The summed E-state index contributed by atoms with van der Waals surface area (Å²) in [7, 11) is 0. The maximum Gasteiger partial charge on any atom is 0.254 e. The number of fused-ring (bicyclic) bond motifs is 1. The Morgan fingerprint density at radius 2 is 1.76 bits per heavy atom. The molecule has 0 radical (unpaired) electrons. The summed E-state index contributed by atoms with van der Waals surface area (Å²) in [6.07, 6.45) is 1.52. The lowest BCUT2D eigenvalue weighted by molar-refractivity contribution is 0.916. The summed E-state index contributed by atoms with van der Waals surface area (Å²) in [5.41, 5.74) is 2.12. The van der Waals surface area contributed by atoms with Crippen LogP contribution in [-0.4, -0.2) is 19.6 Å². The molecule has 0 aliphatic heterocycles. The molecule has 124 valence electrons. The van der Waals surface area contributed by atoms with Crippen molar-refractivity contribution in [1.82, 2.24) is 19.6 Å². The van der Waals surface area contributed by atoms with E-state index < -0.39 is 0 Å². The van der Waals surface area contributed by atoms with Gasteiger partial charge in [0.1, 0.15) is 12.1 Å². The Morgan fingerprint density at radius 3 is 2.56 bits per heavy atom. The molecule has 0 unspecified atom stereocenters. The highest BCUT2D eigenvalue weighted by Crippen LogP contribution is 2.27. The molecule has 5 nitrogen and oxygen atoms in total. The topological polar surface area (TPSA) is 55.1 Å². The van der Waals surface area contributed by atoms with Gasteiger partial charge in [-0.1, -0.05) is 42.1 Å². The van der Waals surface area contributed by atoms with E-state index in [1.165, 1.54) is 21.7 Å². The van der Waals surface area contributed by atoms with Gasteiger partial charge in [-0.2, -0.15) is 14.6 Å². The normalized spacial score (nSPS) is 10.9. The molecule has 0 aliphatic rings. The molecule has 0 fully saturated rings. The quantitative estimate of drug-likeness (QED) is 0.586. The van der Waals surface area contributed by atoms with E-state index in [-0.39, 0.29) is 0 Å². The van der Waals surface area contributed by atoms with Crippen LogP contribution in [-0.2, 0) is 6.54 Å². The number of benzene rings is 2. The third-order valence-electron chi connectivity index (χ3n) is 3.76. The monoisotopic (exact) mass is 347 g/mol. The Bertz CT molecular complexity index is 980. The summed E-state index contributed by atoms with van der Waals surface area (Å²) in [6, 6.07) is 21.0. The Balaban J connectivity index is 1.45. The number of hydrogen-bond acceptors (Lipinski definition) is 5. The number of aromatic nitrogens is 4. The first-order chi connectivity index (χ1) is 12.3. The van der Waals surface area contributed by atoms with Gasteiger partial charge in [0.2, 0.25) is 0 Å². The van der Waals surface area contributed by atoms with Gasteiger partial charge < -0.3 is 5.32 Å². The van der Waals surface area contributed by atoms with E-state index in [4.69, 9.17) is 0 Å². The van der Waals surface area contributed by atoms with E-state index in [1.54, 1.807) is 16.3 Å². The van der Waals surface area contributed by atoms with Gasteiger partial charge in [-0.05, 0) is 36.8 Å².